The molecule has 1 aromatic rings. The van der Waals surface area contributed by atoms with Crippen molar-refractivity contribution >= 4 is 21.9 Å². The van der Waals surface area contributed by atoms with E-state index in [-0.39, 0.29) is 28.8 Å². The first-order valence-corrected chi connectivity index (χ1v) is 6.10. The number of carbonyl (C=O) groups excluding carboxylic acids is 1. The molecule has 0 fully saturated rings. The van der Waals surface area contributed by atoms with E-state index >= 15 is 0 Å². The molecule has 0 radical (unpaired) electrons. The maximum absolute atomic E-state index is 12.1. The van der Waals surface area contributed by atoms with Crippen LogP contribution in [0.25, 0.3) is 0 Å². The van der Waals surface area contributed by atoms with Crippen LogP contribution in [0.3, 0.4) is 0 Å². The van der Waals surface area contributed by atoms with Crippen LogP contribution in [0.2, 0.25) is 0 Å². The lowest BCUT2D eigenvalue weighted by molar-refractivity contribution is -0.142. The predicted octanol–water partition coefficient (Wildman–Crippen LogP) is 3.03. The first-order chi connectivity index (χ1) is 8.97. The molecular weight excluding hydrogens is 324 g/mol. The summed E-state index contributed by atoms with van der Waals surface area (Å²) in [6.07, 6.45) is -0.107. The number of benzene rings is 1. The van der Waals surface area contributed by atoms with Crippen molar-refractivity contribution in [2.75, 3.05) is 6.61 Å². The Balaban J connectivity index is 3.04. The first kappa shape index (κ1) is 15.4. The van der Waals surface area contributed by atoms with E-state index < -0.39 is 12.6 Å². The number of esters is 1. The predicted molar refractivity (Wildman–Crippen MR) is 65.8 cm³/mol. The minimum absolute atomic E-state index is 0.0897. The average Bonchev–Trinajstić information content (AvgIpc) is 2.32. The lowest BCUT2D eigenvalue weighted by Gasteiger charge is -2.10. The maximum atomic E-state index is 12.1. The van der Waals surface area contributed by atoms with Crippen molar-refractivity contribution in [2.24, 2.45) is 0 Å². The molecule has 0 bridgehead atoms. The van der Waals surface area contributed by atoms with Gasteiger partial charge in [0.05, 0.1) is 29.1 Å². The van der Waals surface area contributed by atoms with Gasteiger partial charge in [0.15, 0.2) is 0 Å². The van der Waals surface area contributed by atoms with Gasteiger partial charge in [0.2, 0.25) is 0 Å². The quantitative estimate of drug-likeness (QED) is 0.777. The number of rotatable bonds is 5. The number of ether oxygens (including phenoxy) is 2. The molecule has 0 atom stereocenters. The van der Waals surface area contributed by atoms with Gasteiger partial charge >= 0.3 is 12.6 Å². The Hall–Kier alpha value is -1.68. The molecule has 7 heteroatoms. The van der Waals surface area contributed by atoms with Gasteiger partial charge in [0.1, 0.15) is 5.75 Å². The van der Waals surface area contributed by atoms with Crippen molar-refractivity contribution in [2.45, 2.75) is 20.0 Å². The molecule has 0 spiro atoms. The van der Waals surface area contributed by atoms with Crippen LogP contribution in [0.4, 0.5) is 8.78 Å². The van der Waals surface area contributed by atoms with Crippen molar-refractivity contribution < 1.29 is 23.0 Å². The smallest absolute Gasteiger partial charge is 0.387 e. The number of hydrogen-bond acceptors (Lipinski definition) is 4. The van der Waals surface area contributed by atoms with E-state index in [1.54, 1.807) is 6.92 Å². The third-order valence-corrected chi connectivity index (χ3v) is 2.75. The van der Waals surface area contributed by atoms with Crippen molar-refractivity contribution in [1.82, 2.24) is 0 Å². The maximum Gasteiger partial charge on any atom is 0.387 e. The fourth-order valence-corrected chi connectivity index (χ4v) is 1.88. The van der Waals surface area contributed by atoms with Crippen molar-refractivity contribution in [3.05, 3.63) is 27.7 Å². The second-order valence-electron chi connectivity index (χ2n) is 3.41. The van der Waals surface area contributed by atoms with E-state index in [1.165, 1.54) is 6.07 Å². The Kier molecular flexibility index (Phi) is 5.70. The van der Waals surface area contributed by atoms with E-state index in [1.807, 2.05) is 6.07 Å². The van der Waals surface area contributed by atoms with Crippen molar-refractivity contribution in [1.29, 1.82) is 5.26 Å². The van der Waals surface area contributed by atoms with Crippen LogP contribution in [0.5, 0.6) is 5.75 Å². The summed E-state index contributed by atoms with van der Waals surface area (Å²) < 4.78 is 33.5. The number of alkyl halides is 2. The molecule has 0 saturated carbocycles. The summed E-state index contributed by atoms with van der Waals surface area (Å²) in [6, 6.07) is 4.38. The van der Waals surface area contributed by atoms with E-state index in [0.717, 1.165) is 6.07 Å². The summed E-state index contributed by atoms with van der Waals surface area (Å²) >= 11 is 3.05. The van der Waals surface area contributed by atoms with E-state index in [0.29, 0.717) is 5.56 Å². The second-order valence-corrected chi connectivity index (χ2v) is 4.27. The summed E-state index contributed by atoms with van der Waals surface area (Å²) in [4.78, 5) is 11.4. The van der Waals surface area contributed by atoms with Crippen LogP contribution >= 0.6 is 15.9 Å². The van der Waals surface area contributed by atoms with E-state index in [4.69, 9.17) is 10.00 Å². The third-order valence-electron chi connectivity index (χ3n) is 2.13. The van der Waals surface area contributed by atoms with Crippen LogP contribution in [0.15, 0.2) is 16.6 Å². The first-order valence-electron chi connectivity index (χ1n) is 5.30. The van der Waals surface area contributed by atoms with Gasteiger partial charge in [-0.15, -0.1) is 0 Å². The summed E-state index contributed by atoms with van der Waals surface area (Å²) in [5.41, 5.74) is 0.473. The third kappa shape index (κ3) is 4.48. The standard InChI is InChI=1S/C12H10BrF2NO3/c1-2-18-11(17)5-7-3-9(13)10(19-12(14)15)4-8(7)6-16/h3-4,12H,2,5H2,1H3. The zero-order valence-corrected chi connectivity index (χ0v) is 11.5. The highest BCUT2D eigenvalue weighted by Gasteiger charge is 2.15. The summed E-state index contributed by atoms with van der Waals surface area (Å²) in [5.74, 6) is -0.646. The molecule has 0 aliphatic rings. The number of carbonyl (C=O) groups is 1. The number of nitrogens with zero attached hydrogens (tertiary/aromatic N) is 1. The molecule has 0 N–H and O–H groups in total. The van der Waals surface area contributed by atoms with Gasteiger partial charge in [-0.25, -0.2) is 0 Å². The summed E-state index contributed by atoms with van der Waals surface area (Å²) in [6.45, 7) is -1.09. The highest BCUT2D eigenvalue weighted by Crippen LogP contribution is 2.30. The van der Waals surface area contributed by atoms with Crippen LogP contribution < -0.4 is 4.74 Å². The molecular formula is C12H10BrF2NO3. The van der Waals surface area contributed by atoms with Crippen LogP contribution in [-0.4, -0.2) is 19.2 Å². The topological polar surface area (TPSA) is 59.3 Å². The van der Waals surface area contributed by atoms with Gasteiger partial charge in [0.25, 0.3) is 0 Å². The Morgan fingerprint density at radius 2 is 2.21 bits per heavy atom. The van der Waals surface area contributed by atoms with Gasteiger partial charge in [-0.05, 0) is 40.5 Å². The molecule has 0 heterocycles. The lowest BCUT2D eigenvalue weighted by atomic mass is 10.1. The van der Waals surface area contributed by atoms with Crippen molar-refractivity contribution in [3.8, 4) is 11.8 Å². The molecule has 102 valence electrons. The molecule has 0 aliphatic carbocycles. The minimum atomic E-state index is -2.99. The minimum Gasteiger partial charge on any atom is -0.466 e. The fourth-order valence-electron chi connectivity index (χ4n) is 1.40. The molecule has 19 heavy (non-hydrogen) atoms. The highest BCUT2D eigenvalue weighted by molar-refractivity contribution is 9.10. The Labute approximate surface area is 117 Å². The summed E-state index contributed by atoms with van der Waals surface area (Å²) in [7, 11) is 0. The molecule has 0 saturated heterocycles. The monoisotopic (exact) mass is 333 g/mol. The number of nitriles is 1. The lowest BCUT2D eigenvalue weighted by Crippen LogP contribution is -2.09. The average molecular weight is 334 g/mol. The Morgan fingerprint density at radius 1 is 1.53 bits per heavy atom. The fraction of sp³-hybridized carbons (Fsp3) is 0.333. The van der Waals surface area contributed by atoms with Gasteiger partial charge < -0.3 is 9.47 Å². The molecule has 0 unspecified atom stereocenters. The Bertz CT molecular complexity index is 514. The molecule has 1 rings (SSSR count). The van der Waals surface area contributed by atoms with Gasteiger partial charge in [-0.1, -0.05) is 0 Å². The van der Waals surface area contributed by atoms with Crippen LogP contribution in [0.1, 0.15) is 18.1 Å². The SMILES string of the molecule is CCOC(=O)Cc1cc(Br)c(OC(F)F)cc1C#N. The zero-order chi connectivity index (χ0) is 14.4. The van der Waals surface area contributed by atoms with E-state index in [9.17, 15) is 13.6 Å². The van der Waals surface area contributed by atoms with Crippen molar-refractivity contribution in [3.63, 3.8) is 0 Å². The van der Waals surface area contributed by atoms with E-state index in [2.05, 4.69) is 20.7 Å². The molecule has 1 aromatic carbocycles. The largest absolute Gasteiger partial charge is 0.466 e. The molecule has 0 aliphatic heterocycles. The number of hydrogen-bond donors (Lipinski definition) is 0. The zero-order valence-electron chi connectivity index (χ0n) is 9.95. The molecule has 4 nitrogen and oxygen atoms in total. The molecule has 0 aromatic heterocycles. The van der Waals surface area contributed by atoms with Crippen LogP contribution in [0, 0.1) is 11.3 Å². The Morgan fingerprint density at radius 3 is 2.74 bits per heavy atom. The molecule has 0 amide bonds. The summed E-state index contributed by atoms with van der Waals surface area (Å²) in [5, 5.41) is 8.95. The normalized spacial score (nSPS) is 10.1. The van der Waals surface area contributed by atoms with Gasteiger partial charge in [0, 0.05) is 0 Å². The van der Waals surface area contributed by atoms with Gasteiger partial charge in [-0.2, -0.15) is 14.0 Å². The number of halogens is 3. The highest BCUT2D eigenvalue weighted by atomic mass is 79.9. The van der Waals surface area contributed by atoms with Crippen LogP contribution in [-0.2, 0) is 16.0 Å². The second kappa shape index (κ2) is 7.04. The van der Waals surface area contributed by atoms with Gasteiger partial charge in [-0.3, -0.25) is 4.79 Å².